The first-order valence-corrected chi connectivity index (χ1v) is 12.4. The Labute approximate surface area is 221 Å². The zero-order chi connectivity index (χ0) is 25.3. The van der Waals surface area contributed by atoms with E-state index in [1.54, 1.807) is 12.1 Å². The summed E-state index contributed by atoms with van der Waals surface area (Å²) < 4.78 is 14.8. The number of nitrogens with two attached hydrogens (primary N) is 1. The summed E-state index contributed by atoms with van der Waals surface area (Å²) in [5.41, 5.74) is 3.49. The maximum atomic E-state index is 12.2. The number of benzene rings is 2. The van der Waals surface area contributed by atoms with Crippen LogP contribution in [0.1, 0.15) is 78.9 Å². The first-order valence-electron chi connectivity index (χ1n) is 12.4. The highest BCUT2D eigenvalue weighted by Crippen LogP contribution is 2.21. The Balaban J connectivity index is 0.00000648. The van der Waals surface area contributed by atoms with Crippen molar-refractivity contribution in [2.45, 2.75) is 65.0 Å². The van der Waals surface area contributed by atoms with Crippen LogP contribution in [0.4, 0.5) is 0 Å². The first-order chi connectivity index (χ1) is 17.1. The number of methoxy groups -OCH3 is 2. The first kappa shape index (κ1) is 31.0. The predicted molar refractivity (Wildman–Crippen MR) is 136 cm³/mol. The largest absolute Gasteiger partial charge is 1.00 e. The quantitative estimate of drug-likeness (QED) is 0.234. The number of ether oxygens (including phenoxy) is 3. The minimum Gasteiger partial charge on any atom is -1.00 e. The molecular formula is C29H38ClNO5. The SMILES string of the molecule is CCCCCCCCC#Cc1ccc(C[NH2+]Cc2ccc(OCC(=O)OC)c(C(=O)OC)c2)cc1.[Cl-]. The van der Waals surface area contributed by atoms with Crippen LogP contribution in [0.5, 0.6) is 5.75 Å². The average Bonchev–Trinajstić information content (AvgIpc) is 2.89. The molecule has 2 rings (SSSR count). The molecule has 0 unspecified atom stereocenters. The van der Waals surface area contributed by atoms with E-state index in [0.29, 0.717) is 12.3 Å². The molecule has 0 radical (unpaired) electrons. The monoisotopic (exact) mass is 515 g/mol. The fourth-order valence-electron chi connectivity index (χ4n) is 3.58. The van der Waals surface area contributed by atoms with E-state index in [4.69, 9.17) is 9.47 Å². The molecule has 2 N–H and O–H groups in total. The van der Waals surface area contributed by atoms with Gasteiger partial charge in [-0.05, 0) is 36.8 Å². The molecule has 0 aliphatic carbocycles. The van der Waals surface area contributed by atoms with Gasteiger partial charge in [0, 0.05) is 23.1 Å². The predicted octanol–water partition coefficient (Wildman–Crippen LogP) is 1.39. The third kappa shape index (κ3) is 11.6. The van der Waals surface area contributed by atoms with Gasteiger partial charge in [0.1, 0.15) is 24.4 Å². The van der Waals surface area contributed by atoms with Crippen molar-refractivity contribution in [2.75, 3.05) is 20.8 Å². The third-order valence-corrected chi connectivity index (χ3v) is 5.62. The molecule has 0 spiro atoms. The average molecular weight is 516 g/mol. The Kier molecular flexibility index (Phi) is 15.8. The molecule has 6 nitrogen and oxygen atoms in total. The summed E-state index contributed by atoms with van der Waals surface area (Å²) in [7, 11) is 2.60. The van der Waals surface area contributed by atoms with Gasteiger partial charge in [-0.3, -0.25) is 0 Å². The van der Waals surface area contributed by atoms with Gasteiger partial charge in [0.05, 0.1) is 14.2 Å². The number of quaternary nitrogens is 1. The highest BCUT2D eigenvalue weighted by atomic mass is 35.5. The van der Waals surface area contributed by atoms with Crippen LogP contribution in [0.15, 0.2) is 42.5 Å². The fourth-order valence-corrected chi connectivity index (χ4v) is 3.58. The standard InChI is InChI=1S/C29H37NO5.ClH/c1-4-5-6-7-8-9-10-11-12-23-13-15-24(16-14-23)20-30-21-25-17-18-27(35-22-28(31)33-2)26(19-25)29(32)34-3;/h13-19,30H,4-10,20-22H2,1-3H3;1H. The lowest BCUT2D eigenvalue weighted by Gasteiger charge is -2.11. The normalized spacial score (nSPS) is 9.97. The van der Waals surface area contributed by atoms with E-state index in [-0.39, 0.29) is 24.6 Å². The highest BCUT2D eigenvalue weighted by molar-refractivity contribution is 5.92. The van der Waals surface area contributed by atoms with Crippen molar-refractivity contribution in [2.24, 2.45) is 0 Å². The lowest BCUT2D eigenvalue weighted by Crippen LogP contribution is -3.00. The van der Waals surface area contributed by atoms with Crippen LogP contribution in [-0.4, -0.2) is 32.8 Å². The Hall–Kier alpha value is -3.01. The number of esters is 2. The van der Waals surface area contributed by atoms with Crippen molar-refractivity contribution in [1.82, 2.24) is 0 Å². The van der Waals surface area contributed by atoms with Crippen LogP contribution in [0.3, 0.4) is 0 Å². The molecule has 36 heavy (non-hydrogen) atoms. The van der Waals surface area contributed by atoms with Crippen molar-refractivity contribution in [3.05, 3.63) is 64.7 Å². The molecule has 0 fully saturated rings. The Morgan fingerprint density at radius 1 is 0.861 bits per heavy atom. The van der Waals surface area contributed by atoms with E-state index in [0.717, 1.165) is 24.1 Å². The second-order valence-electron chi connectivity index (χ2n) is 8.40. The molecule has 0 aromatic heterocycles. The van der Waals surface area contributed by atoms with E-state index < -0.39 is 11.9 Å². The van der Waals surface area contributed by atoms with Crippen LogP contribution in [0.2, 0.25) is 0 Å². The summed E-state index contributed by atoms with van der Waals surface area (Å²) in [6.45, 7) is 3.45. The lowest BCUT2D eigenvalue weighted by atomic mass is 10.1. The van der Waals surface area contributed by atoms with Crippen molar-refractivity contribution in [3.8, 4) is 17.6 Å². The van der Waals surface area contributed by atoms with E-state index in [2.05, 4.69) is 53.1 Å². The molecule has 196 valence electrons. The maximum Gasteiger partial charge on any atom is 0.343 e. The summed E-state index contributed by atoms with van der Waals surface area (Å²) in [6.07, 6.45) is 8.69. The minimum atomic E-state index is -0.520. The van der Waals surface area contributed by atoms with Crippen molar-refractivity contribution in [3.63, 3.8) is 0 Å². The maximum absolute atomic E-state index is 12.2. The Bertz CT molecular complexity index is 995. The summed E-state index contributed by atoms with van der Waals surface area (Å²) in [6, 6.07) is 13.6. The van der Waals surface area contributed by atoms with E-state index in [1.807, 2.05) is 6.07 Å². The van der Waals surface area contributed by atoms with Crippen LogP contribution < -0.4 is 22.5 Å². The molecule has 2 aromatic carbocycles. The molecule has 0 atom stereocenters. The number of carbonyl (C=O) groups is 2. The van der Waals surface area contributed by atoms with Gasteiger partial charge in [-0.25, -0.2) is 9.59 Å². The molecule has 7 heteroatoms. The molecule has 0 amide bonds. The van der Waals surface area contributed by atoms with Gasteiger partial charge in [-0.2, -0.15) is 0 Å². The van der Waals surface area contributed by atoms with Crippen LogP contribution in [-0.2, 0) is 27.4 Å². The Morgan fingerprint density at radius 3 is 2.22 bits per heavy atom. The van der Waals surface area contributed by atoms with Gasteiger partial charge < -0.3 is 31.9 Å². The van der Waals surface area contributed by atoms with E-state index in [9.17, 15) is 9.59 Å². The number of unbranched alkanes of at least 4 members (excludes halogenated alkanes) is 6. The zero-order valence-electron chi connectivity index (χ0n) is 21.6. The molecular weight excluding hydrogens is 478 g/mol. The van der Waals surface area contributed by atoms with Crippen LogP contribution in [0, 0.1) is 11.8 Å². The summed E-state index contributed by atoms with van der Waals surface area (Å²) in [5, 5.41) is 2.16. The van der Waals surface area contributed by atoms with Gasteiger partial charge >= 0.3 is 11.9 Å². The number of hydrogen-bond acceptors (Lipinski definition) is 5. The summed E-state index contributed by atoms with van der Waals surface area (Å²) in [4.78, 5) is 23.5. The second-order valence-corrected chi connectivity index (χ2v) is 8.40. The van der Waals surface area contributed by atoms with Gasteiger partial charge in [0.2, 0.25) is 0 Å². The van der Waals surface area contributed by atoms with E-state index >= 15 is 0 Å². The minimum absolute atomic E-state index is 0. The van der Waals surface area contributed by atoms with Crippen molar-refractivity contribution >= 4 is 11.9 Å². The topological polar surface area (TPSA) is 78.4 Å². The van der Waals surface area contributed by atoms with Gasteiger partial charge in [-0.1, -0.05) is 63.0 Å². The number of halogens is 1. The lowest BCUT2D eigenvalue weighted by molar-refractivity contribution is -0.686. The number of rotatable bonds is 14. The van der Waals surface area contributed by atoms with Gasteiger partial charge in [0.15, 0.2) is 6.61 Å². The zero-order valence-corrected chi connectivity index (χ0v) is 22.4. The van der Waals surface area contributed by atoms with Crippen LogP contribution >= 0.6 is 0 Å². The third-order valence-electron chi connectivity index (χ3n) is 5.62. The second kappa shape index (κ2) is 18.3. The summed E-state index contributed by atoms with van der Waals surface area (Å²) >= 11 is 0. The van der Waals surface area contributed by atoms with Crippen molar-refractivity contribution in [1.29, 1.82) is 0 Å². The molecule has 0 heterocycles. The van der Waals surface area contributed by atoms with Gasteiger partial charge in [0.25, 0.3) is 0 Å². The molecule has 0 aliphatic rings. The highest BCUT2D eigenvalue weighted by Gasteiger charge is 2.16. The van der Waals surface area contributed by atoms with Gasteiger partial charge in [-0.15, -0.1) is 0 Å². The number of hydrogen-bond donors (Lipinski definition) is 1. The molecule has 0 aliphatic heterocycles. The molecule has 0 saturated carbocycles. The molecule has 0 bridgehead atoms. The van der Waals surface area contributed by atoms with Crippen molar-refractivity contribution < 1.29 is 41.5 Å². The molecule has 2 aromatic rings. The number of carbonyl (C=O) groups excluding carboxylic acids is 2. The fraction of sp³-hybridized carbons (Fsp3) is 0.448. The molecule has 0 saturated heterocycles. The van der Waals surface area contributed by atoms with E-state index in [1.165, 1.54) is 58.3 Å². The van der Waals surface area contributed by atoms with Crippen LogP contribution in [0.25, 0.3) is 0 Å². The smallest absolute Gasteiger partial charge is 0.343 e. The summed E-state index contributed by atoms with van der Waals surface area (Å²) in [5.74, 6) is 5.80. The Morgan fingerprint density at radius 2 is 1.53 bits per heavy atom.